The zero-order valence-corrected chi connectivity index (χ0v) is 19.7. The molecule has 0 saturated heterocycles. The molecule has 3 N–H and O–H groups in total. The number of aromatic amines is 1. The fraction of sp³-hybridized carbons (Fsp3) is 0.240. The maximum Gasteiger partial charge on any atom is 0.330 e. The van der Waals surface area contributed by atoms with Gasteiger partial charge in [-0.2, -0.15) is 0 Å². The number of nitrogen functional groups attached to an aromatic ring is 1. The van der Waals surface area contributed by atoms with Gasteiger partial charge in [0.2, 0.25) is 0 Å². The Labute approximate surface area is 200 Å². The third-order valence-corrected chi connectivity index (χ3v) is 5.98. The molecule has 4 aromatic rings. The lowest BCUT2D eigenvalue weighted by atomic mass is 10.1. The van der Waals surface area contributed by atoms with Crippen LogP contribution >= 0.6 is 11.6 Å². The summed E-state index contributed by atoms with van der Waals surface area (Å²) in [6, 6.07) is 14.3. The molecule has 0 aliphatic rings. The van der Waals surface area contributed by atoms with Crippen molar-refractivity contribution in [1.29, 1.82) is 0 Å². The summed E-state index contributed by atoms with van der Waals surface area (Å²) in [7, 11) is 0. The highest BCUT2D eigenvalue weighted by molar-refractivity contribution is 6.31. The van der Waals surface area contributed by atoms with Gasteiger partial charge < -0.3 is 10.2 Å². The largest absolute Gasteiger partial charge is 0.451 e. The molecule has 0 unspecified atom stereocenters. The first-order valence-electron chi connectivity index (χ1n) is 11.0. The summed E-state index contributed by atoms with van der Waals surface area (Å²) in [5, 5.41) is 1.21. The van der Waals surface area contributed by atoms with Crippen LogP contribution in [-0.4, -0.2) is 15.5 Å². The van der Waals surface area contributed by atoms with Gasteiger partial charge in [-0.15, -0.1) is 0 Å². The number of amides is 1. The molecule has 0 fully saturated rings. The number of aromatic nitrogens is 2. The van der Waals surface area contributed by atoms with Crippen molar-refractivity contribution in [2.45, 2.75) is 39.8 Å². The number of nitrogens with one attached hydrogen (secondary N) is 1. The molecule has 0 aliphatic heterocycles. The van der Waals surface area contributed by atoms with Gasteiger partial charge in [-0.1, -0.05) is 55.3 Å². The first kappa shape index (κ1) is 23.4. The summed E-state index contributed by atoms with van der Waals surface area (Å²) in [5.74, 6) is -0.548. The van der Waals surface area contributed by atoms with Crippen LogP contribution in [-0.2, 0) is 13.1 Å². The molecule has 176 valence electrons. The van der Waals surface area contributed by atoms with Crippen LogP contribution in [0.4, 0.5) is 11.5 Å². The van der Waals surface area contributed by atoms with Gasteiger partial charge in [-0.25, -0.2) is 4.79 Å². The summed E-state index contributed by atoms with van der Waals surface area (Å²) < 4.78 is 7.17. The van der Waals surface area contributed by atoms with Crippen molar-refractivity contribution in [2.24, 2.45) is 0 Å². The van der Waals surface area contributed by atoms with Crippen LogP contribution in [0.25, 0.3) is 11.0 Å². The number of halogens is 1. The van der Waals surface area contributed by atoms with Gasteiger partial charge in [-0.3, -0.25) is 24.0 Å². The van der Waals surface area contributed by atoms with Crippen molar-refractivity contribution in [2.75, 3.05) is 10.6 Å². The number of furan rings is 1. The van der Waals surface area contributed by atoms with E-state index in [-0.39, 0.29) is 23.8 Å². The van der Waals surface area contributed by atoms with E-state index >= 15 is 0 Å². The summed E-state index contributed by atoms with van der Waals surface area (Å²) in [5.41, 5.74) is 6.75. The van der Waals surface area contributed by atoms with Crippen LogP contribution in [0.15, 0.2) is 62.5 Å². The molecule has 2 heterocycles. The van der Waals surface area contributed by atoms with Crippen LogP contribution in [0, 0.1) is 6.92 Å². The predicted molar refractivity (Wildman–Crippen MR) is 134 cm³/mol. The molecule has 0 atom stereocenters. The lowest BCUT2D eigenvalue weighted by Crippen LogP contribution is -2.41. The highest BCUT2D eigenvalue weighted by Gasteiger charge is 2.29. The van der Waals surface area contributed by atoms with Crippen molar-refractivity contribution in [3.8, 4) is 0 Å². The number of anilines is 2. The first-order valence-corrected chi connectivity index (χ1v) is 11.4. The molecule has 1 amide bonds. The standard InChI is InChI=1S/C25H25ClN4O4/c1-3-4-12-29-22(27)20(23(31)28-25(29)33)30(14-16-8-6-5-7-9-16)24(32)21-15(2)18-13-17(26)10-11-19(18)34-21/h5-11,13H,3-4,12,14,27H2,1-2H3,(H,28,31,33). The van der Waals surface area contributed by atoms with E-state index in [1.54, 1.807) is 25.1 Å². The Kier molecular flexibility index (Phi) is 6.61. The Morgan fingerprint density at radius 2 is 1.91 bits per heavy atom. The first-order chi connectivity index (χ1) is 16.3. The lowest BCUT2D eigenvalue weighted by molar-refractivity contribution is 0.0959. The number of nitrogens with two attached hydrogens (primary N) is 1. The van der Waals surface area contributed by atoms with Gasteiger partial charge in [0.25, 0.3) is 11.5 Å². The number of carbonyl (C=O) groups excluding carboxylic acids is 1. The minimum absolute atomic E-state index is 0.0518. The molecule has 0 spiro atoms. The highest BCUT2D eigenvalue weighted by atomic mass is 35.5. The molecule has 4 rings (SSSR count). The van der Waals surface area contributed by atoms with Gasteiger partial charge in [0, 0.05) is 22.5 Å². The molecule has 0 aliphatic carbocycles. The van der Waals surface area contributed by atoms with E-state index < -0.39 is 17.2 Å². The monoisotopic (exact) mass is 480 g/mol. The molecule has 0 bridgehead atoms. The fourth-order valence-electron chi connectivity index (χ4n) is 3.91. The molecule has 2 aromatic carbocycles. The number of rotatable bonds is 7. The number of hydrogen-bond donors (Lipinski definition) is 2. The SMILES string of the molecule is CCCCn1c(N)c(N(Cc2ccccc2)C(=O)c2oc3ccc(Cl)cc3c2C)c(=O)[nH]c1=O. The van der Waals surface area contributed by atoms with E-state index in [1.165, 1.54) is 9.47 Å². The topological polar surface area (TPSA) is 114 Å². The van der Waals surface area contributed by atoms with Crippen LogP contribution in [0.5, 0.6) is 0 Å². The van der Waals surface area contributed by atoms with Gasteiger partial charge in [0.1, 0.15) is 11.4 Å². The second-order valence-corrected chi connectivity index (χ2v) is 8.51. The maximum atomic E-state index is 13.8. The summed E-state index contributed by atoms with van der Waals surface area (Å²) in [6.07, 6.45) is 1.51. The number of hydrogen-bond acceptors (Lipinski definition) is 5. The van der Waals surface area contributed by atoms with E-state index in [0.717, 1.165) is 12.0 Å². The third-order valence-electron chi connectivity index (χ3n) is 5.74. The number of benzene rings is 2. The van der Waals surface area contributed by atoms with Crippen molar-refractivity contribution in [3.05, 3.63) is 91.3 Å². The Morgan fingerprint density at radius 1 is 1.18 bits per heavy atom. The molecule has 34 heavy (non-hydrogen) atoms. The van der Waals surface area contributed by atoms with Crippen LogP contribution in [0.3, 0.4) is 0 Å². The van der Waals surface area contributed by atoms with Crippen molar-refractivity contribution in [1.82, 2.24) is 9.55 Å². The lowest BCUT2D eigenvalue weighted by Gasteiger charge is -2.24. The molecule has 2 aromatic heterocycles. The Morgan fingerprint density at radius 3 is 2.62 bits per heavy atom. The minimum Gasteiger partial charge on any atom is -0.451 e. The number of carbonyl (C=O) groups is 1. The number of aryl methyl sites for hydroxylation is 1. The van der Waals surface area contributed by atoms with Crippen LogP contribution in [0.2, 0.25) is 5.02 Å². The zero-order valence-electron chi connectivity index (χ0n) is 18.9. The predicted octanol–water partition coefficient (Wildman–Crippen LogP) is 4.47. The zero-order chi connectivity index (χ0) is 24.4. The number of nitrogens with zero attached hydrogens (tertiary/aromatic N) is 2. The maximum absolute atomic E-state index is 13.8. The summed E-state index contributed by atoms with van der Waals surface area (Å²) >= 11 is 6.13. The van der Waals surface area contributed by atoms with E-state index in [4.69, 9.17) is 21.8 Å². The normalized spacial score (nSPS) is 11.1. The Balaban J connectivity index is 1.89. The number of fused-ring (bicyclic) bond motifs is 1. The Hall–Kier alpha value is -3.78. The summed E-state index contributed by atoms with van der Waals surface area (Å²) in [4.78, 5) is 42.8. The highest BCUT2D eigenvalue weighted by Crippen LogP contribution is 2.30. The molecule has 8 nitrogen and oxygen atoms in total. The van der Waals surface area contributed by atoms with Crippen LogP contribution in [0.1, 0.15) is 41.4 Å². The van der Waals surface area contributed by atoms with E-state index in [0.29, 0.717) is 34.5 Å². The molecular formula is C25H25ClN4O4. The van der Waals surface area contributed by atoms with E-state index in [2.05, 4.69) is 4.98 Å². The molecule has 9 heteroatoms. The average Bonchev–Trinajstić information content (AvgIpc) is 3.14. The van der Waals surface area contributed by atoms with Crippen molar-refractivity contribution < 1.29 is 9.21 Å². The van der Waals surface area contributed by atoms with Crippen LogP contribution < -0.4 is 21.9 Å². The number of unbranched alkanes of at least 4 members (excludes halogenated alkanes) is 1. The molecule has 0 radical (unpaired) electrons. The Bertz CT molecular complexity index is 1470. The fourth-order valence-corrected chi connectivity index (χ4v) is 4.09. The second kappa shape index (κ2) is 9.61. The molecular weight excluding hydrogens is 456 g/mol. The van der Waals surface area contributed by atoms with Gasteiger partial charge >= 0.3 is 5.69 Å². The number of H-pyrrole nitrogens is 1. The van der Waals surface area contributed by atoms with Crippen molar-refractivity contribution in [3.63, 3.8) is 0 Å². The van der Waals surface area contributed by atoms with Crippen molar-refractivity contribution >= 4 is 40.0 Å². The van der Waals surface area contributed by atoms with Gasteiger partial charge in [0.05, 0.1) is 6.54 Å². The third kappa shape index (κ3) is 4.36. The smallest absolute Gasteiger partial charge is 0.330 e. The molecule has 0 saturated carbocycles. The average molecular weight is 481 g/mol. The quantitative estimate of drug-likeness (QED) is 0.405. The summed E-state index contributed by atoms with van der Waals surface area (Å²) in [6.45, 7) is 4.11. The van der Waals surface area contributed by atoms with Gasteiger partial charge in [-0.05, 0) is 37.1 Å². The minimum atomic E-state index is -0.740. The van der Waals surface area contributed by atoms with E-state index in [9.17, 15) is 14.4 Å². The second-order valence-electron chi connectivity index (χ2n) is 8.07. The van der Waals surface area contributed by atoms with E-state index in [1.807, 2.05) is 37.3 Å². The van der Waals surface area contributed by atoms with Gasteiger partial charge in [0.15, 0.2) is 11.4 Å².